The summed E-state index contributed by atoms with van der Waals surface area (Å²) in [6.45, 7) is 2.51. The van der Waals surface area contributed by atoms with E-state index in [2.05, 4.69) is 24.4 Å². The zero-order valence-electron chi connectivity index (χ0n) is 18.9. The lowest BCUT2D eigenvalue weighted by Crippen LogP contribution is -2.43. The minimum atomic E-state index is -0.340. The number of rotatable bonds is 6. The second-order valence-corrected chi connectivity index (χ2v) is 8.64. The first-order valence-corrected chi connectivity index (χ1v) is 11.8. The molecular weight excluding hydrogens is 444 g/mol. The molecule has 0 bridgehead atoms. The summed E-state index contributed by atoms with van der Waals surface area (Å²) in [5, 5.41) is 4.24. The standard InChI is InChI=1S/C29H25ClN2O2/c1-2-20-11-15-23(16-12-20)32-28(31-27-10-6-4-8-25(27)29(32)33)21-13-17-24(18-14-21)34-19-22-7-3-5-9-26(22)30/h3-18,28,31H,2,19H2,1H3. The lowest BCUT2D eigenvalue weighted by Gasteiger charge is -2.38. The van der Waals surface area contributed by atoms with Crippen molar-refractivity contribution >= 4 is 28.9 Å². The molecule has 0 saturated heterocycles. The van der Waals surface area contributed by atoms with Crippen molar-refractivity contribution in [3.63, 3.8) is 0 Å². The SMILES string of the molecule is CCc1ccc(N2C(=O)c3ccccc3NC2c2ccc(OCc3ccccc3Cl)cc2)cc1. The van der Waals surface area contributed by atoms with Gasteiger partial charge in [0, 0.05) is 22.0 Å². The number of hydrogen-bond donors (Lipinski definition) is 1. The third-order valence-electron chi connectivity index (χ3n) is 6.10. The molecule has 4 nitrogen and oxygen atoms in total. The molecule has 0 aliphatic carbocycles. The molecule has 1 heterocycles. The number of fused-ring (bicyclic) bond motifs is 1. The van der Waals surface area contributed by atoms with Crippen molar-refractivity contribution in [2.45, 2.75) is 26.1 Å². The van der Waals surface area contributed by atoms with Gasteiger partial charge in [-0.05, 0) is 60.0 Å². The second-order valence-electron chi connectivity index (χ2n) is 8.24. The second kappa shape index (κ2) is 9.62. The number of halogens is 1. The highest BCUT2D eigenvalue weighted by molar-refractivity contribution is 6.31. The maximum atomic E-state index is 13.6. The van der Waals surface area contributed by atoms with E-state index in [4.69, 9.17) is 16.3 Å². The van der Waals surface area contributed by atoms with E-state index in [1.165, 1.54) is 5.56 Å². The molecule has 4 aromatic rings. The van der Waals surface area contributed by atoms with Gasteiger partial charge in [-0.25, -0.2) is 0 Å². The van der Waals surface area contributed by atoms with Crippen LogP contribution >= 0.6 is 11.6 Å². The number of ether oxygens (including phenoxy) is 1. The summed E-state index contributed by atoms with van der Waals surface area (Å²) in [6, 6.07) is 31.3. The molecule has 1 amide bonds. The Labute approximate surface area is 204 Å². The van der Waals surface area contributed by atoms with Crippen molar-refractivity contribution in [3.8, 4) is 5.75 Å². The highest BCUT2D eigenvalue weighted by Crippen LogP contribution is 2.37. The first-order chi connectivity index (χ1) is 16.6. The Balaban J connectivity index is 1.43. The Morgan fingerprint density at radius 2 is 1.59 bits per heavy atom. The molecular formula is C29H25ClN2O2. The van der Waals surface area contributed by atoms with Crippen molar-refractivity contribution in [1.29, 1.82) is 0 Å². The first kappa shape index (κ1) is 22.1. The maximum absolute atomic E-state index is 13.6. The number of nitrogens with one attached hydrogen (secondary N) is 1. The molecule has 0 aromatic heterocycles. The van der Waals surface area contributed by atoms with Crippen LogP contribution in [0.25, 0.3) is 0 Å². The average molecular weight is 469 g/mol. The van der Waals surface area contributed by atoms with Crippen LogP contribution in [0.1, 0.15) is 40.1 Å². The van der Waals surface area contributed by atoms with Gasteiger partial charge < -0.3 is 10.1 Å². The monoisotopic (exact) mass is 468 g/mol. The van der Waals surface area contributed by atoms with E-state index in [1.807, 2.05) is 89.8 Å². The Bertz CT molecular complexity index is 1300. The number of amides is 1. The molecule has 1 unspecified atom stereocenters. The van der Waals surface area contributed by atoms with Gasteiger partial charge in [0.05, 0.1) is 5.56 Å². The van der Waals surface area contributed by atoms with Crippen LogP contribution in [0.3, 0.4) is 0 Å². The molecule has 1 aliphatic heterocycles. The molecule has 170 valence electrons. The predicted octanol–water partition coefficient (Wildman–Crippen LogP) is 7.25. The highest BCUT2D eigenvalue weighted by atomic mass is 35.5. The third-order valence-corrected chi connectivity index (χ3v) is 6.47. The average Bonchev–Trinajstić information content (AvgIpc) is 2.89. The molecule has 5 rings (SSSR count). The van der Waals surface area contributed by atoms with Crippen LogP contribution < -0.4 is 15.0 Å². The summed E-state index contributed by atoms with van der Waals surface area (Å²) >= 11 is 6.24. The fourth-order valence-corrected chi connectivity index (χ4v) is 4.36. The van der Waals surface area contributed by atoms with Gasteiger partial charge in [0.15, 0.2) is 0 Å². The number of anilines is 2. The lowest BCUT2D eigenvalue weighted by molar-refractivity contribution is 0.0975. The van der Waals surface area contributed by atoms with Gasteiger partial charge in [-0.3, -0.25) is 9.69 Å². The number of benzene rings is 4. The highest BCUT2D eigenvalue weighted by Gasteiger charge is 2.33. The predicted molar refractivity (Wildman–Crippen MR) is 138 cm³/mol. The smallest absolute Gasteiger partial charge is 0.262 e. The van der Waals surface area contributed by atoms with Crippen molar-refractivity contribution in [3.05, 3.63) is 124 Å². The van der Waals surface area contributed by atoms with Gasteiger partial charge in [0.1, 0.15) is 18.5 Å². The van der Waals surface area contributed by atoms with E-state index >= 15 is 0 Å². The summed E-state index contributed by atoms with van der Waals surface area (Å²) in [4.78, 5) is 15.4. The van der Waals surface area contributed by atoms with Crippen molar-refractivity contribution in [1.82, 2.24) is 0 Å². The van der Waals surface area contributed by atoms with E-state index in [0.29, 0.717) is 17.2 Å². The fourth-order valence-electron chi connectivity index (χ4n) is 4.17. The number of hydrogen-bond acceptors (Lipinski definition) is 3. The minimum absolute atomic E-state index is 0.0253. The summed E-state index contributed by atoms with van der Waals surface area (Å²) in [7, 11) is 0. The van der Waals surface area contributed by atoms with Crippen molar-refractivity contribution < 1.29 is 9.53 Å². The summed E-state index contributed by atoms with van der Waals surface area (Å²) < 4.78 is 5.94. The topological polar surface area (TPSA) is 41.6 Å². The summed E-state index contributed by atoms with van der Waals surface area (Å²) in [5.74, 6) is 0.715. The van der Waals surface area contributed by atoms with Crippen molar-refractivity contribution in [2.24, 2.45) is 0 Å². The maximum Gasteiger partial charge on any atom is 0.262 e. The molecule has 0 saturated carbocycles. The molecule has 0 fully saturated rings. The molecule has 1 atom stereocenters. The van der Waals surface area contributed by atoms with E-state index in [1.54, 1.807) is 0 Å². The Hall–Kier alpha value is -3.76. The van der Waals surface area contributed by atoms with Gasteiger partial charge in [0.25, 0.3) is 5.91 Å². The number of aryl methyl sites for hydroxylation is 1. The Morgan fingerprint density at radius 3 is 2.32 bits per heavy atom. The van der Waals surface area contributed by atoms with Crippen LogP contribution in [-0.2, 0) is 13.0 Å². The summed E-state index contributed by atoms with van der Waals surface area (Å²) in [6.07, 6.45) is 0.612. The normalized spacial score (nSPS) is 14.9. The molecule has 0 radical (unpaired) electrons. The molecule has 5 heteroatoms. The van der Waals surface area contributed by atoms with Gasteiger partial charge in [-0.15, -0.1) is 0 Å². The van der Waals surface area contributed by atoms with Gasteiger partial charge in [-0.2, -0.15) is 0 Å². The largest absolute Gasteiger partial charge is 0.489 e. The zero-order valence-corrected chi connectivity index (χ0v) is 19.6. The van der Waals surface area contributed by atoms with Gasteiger partial charge in [-0.1, -0.05) is 73.1 Å². The Kier molecular flexibility index (Phi) is 6.24. The van der Waals surface area contributed by atoms with Crippen LogP contribution in [0, 0.1) is 0 Å². The minimum Gasteiger partial charge on any atom is -0.489 e. The molecule has 4 aromatic carbocycles. The number of nitrogens with zero attached hydrogens (tertiary/aromatic N) is 1. The van der Waals surface area contributed by atoms with Gasteiger partial charge >= 0.3 is 0 Å². The van der Waals surface area contributed by atoms with Crippen LogP contribution in [0.5, 0.6) is 5.75 Å². The van der Waals surface area contributed by atoms with E-state index in [9.17, 15) is 4.79 Å². The number of para-hydroxylation sites is 1. The van der Waals surface area contributed by atoms with E-state index in [0.717, 1.165) is 34.7 Å². The lowest BCUT2D eigenvalue weighted by atomic mass is 10.0. The summed E-state index contributed by atoms with van der Waals surface area (Å²) in [5.41, 5.74) is 5.49. The van der Waals surface area contributed by atoms with Crippen LogP contribution in [0.2, 0.25) is 5.02 Å². The van der Waals surface area contributed by atoms with Crippen molar-refractivity contribution in [2.75, 3.05) is 10.2 Å². The molecule has 0 spiro atoms. The molecule has 34 heavy (non-hydrogen) atoms. The van der Waals surface area contributed by atoms with E-state index in [-0.39, 0.29) is 12.1 Å². The van der Waals surface area contributed by atoms with E-state index < -0.39 is 0 Å². The first-order valence-electron chi connectivity index (χ1n) is 11.4. The van der Waals surface area contributed by atoms with Crippen LogP contribution in [0.15, 0.2) is 97.1 Å². The third kappa shape index (κ3) is 4.37. The van der Waals surface area contributed by atoms with Gasteiger partial charge in [0.2, 0.25) is 0 Å². The van der Waals surface area contributed by atoms with Crippen LogP contribution in [0.4, 0.5) is 11.4 Å². The zero-order chi connectivity index (χ0) is 23.5. The number of carbonyl (C=O) groups is 1. The van der Waals surface area contributed by atoms with Crippen LogP contribution in [-0.4, -0.2) is 5.91 Å². The quantitative estimate of drug-likeness (QED) is 0.324. The molecule has 1 N–H and O–H groups in total. The number of carbonyl (C=O) groups excluding carboxylic acids is 1. The fraction of sp³-hybridized carbons (Fsp3) is 0.138. The Morgan fingerprint density at radius 1 is 0.882 bits per heavy atom. The molecule has 1 aliphatic rings.